The van der Waals surface area contributed by atoms with E-state index in [0.717, 1.165) is 10.1 Å². The summed E-state index contributed by atoms with van der Waals surface area (Å²) in [7, 11) is 0. The number of halogens is 1. The Kier molecular flexibility index (Phi) is 3.05. The molecule has 0 amide bonds. The van der Waals surface area contributed by atoms with Crippen LogP contribution in [0.1, 0.15) is 18.5 Å². The first-order valence-electron chi connectivity index (χ1n) is 5.53. The van der Waals surface area contributed by atoms with Crippen LogP contribution < -0.4 is 5.32 Å². The van der Waals surface area contributed by atoms with Gasteiger partial charge >= 0.3 is 0 Å². The van der Waals surface area contributed by atoms with Crippen LogP contribution in [0.5, 0.6) is 0 Å². The smallest absolute Gasteiger partial charge is 0.243 e. The molecular formula is C12H11BrN4S. The first-order chi connectivity index (χ1) is 8.72. The molecule has 3 rings (SSSR count). The predicted molar refractivity (Wildman–Crippen MR) is 77.0 cm³/mol. The van der Waals surface area contributed by atoms with Gasteiger partial charge in [-0.05, 0) is 57.4 Å². The SMILES string of the molecule is CC(Nc1nc2ccc(Br)cn2n1)c1ccsc1. The van der Waals surface area contributed by atoms with E-state index in [2.05, 4.69) is 55.1 Å². The van der Waals surface area contributed by atoms with Gasteiger partial charge in [-0.1, -0.05) is 0 Å². The third-order valence-electron chi connectivity index (χ3n) is 2.68. The van der Waals surface area contributed by atoms with Crippen LogP contribution in [-0.4, -0.2) is 14.6 Å². The summed E-state index contributed by atoms with van der Waals surface area (Å²) >= 11 is 5.11. The van der Waals surface area contributed by atoms with Crippen molar-refractivity contribution in [3.05, 3.63) is 45.2 Å². The molecule has 18 heavy (non-hydrogen) atoms. The lowest BCUT2D eigenvalue weighted by Gasteiger charge is -2.09. The Bertz CT molecular complexity index is 662. The number of hydrogen-bond acceptors (Lipinski definition) is 4. The topological polar surface area (TPSA) is 42.2 Å². The van der Waals surface area contributed by atoms with Crippen LogP contribution in [0.4, 0.5) is 5.95 Å². The lowest BCUT2D eigenvalue weighted by Crippen LogP contribution is -2.06. The van der Waals surface area contributed by atoms with Crippen molar-refractivity contribution in [2.45, 2.75) is 13.0 Å². The molecule has 6 heteroatoms. The van der Waals surface area contributed by atoms with Crippen molar-refractivity contribution >= 4 is 38.9 Å². The normalized spacial score (nSPS) is 12.8. The number of rotatable bonds is 3. The molecule has 0 aliphatic rings. The summed E-state index contributed by atoms with van der Waals surface area (Å²) in [6.45, 7) is 2.10. The maximum Gasteiger partial charge on any atom is 0.243 e. The summed E-state index contributed by atoms with van der Waals surface area (Å²) < 4.78 is 2.74. The molecule has 0 aliphatic carbocycles. The van der Waals surface area contributed by atoms with Crippen LogP contribution in [0.3, 0.4) is 0 Å². The highest BCUT2D eigenvalue weighted by Crippen LogP contribution is 2.20. The van der Waals surface area contributed by atoms with Crippen molar-refractivity contribution in [2.24, 2.45) is 0 Å². The van der Waals surface area contributed by atoms with E-state index in [1.165, 1.54) is 5.56 Å². The molecule has 92 valence electrons. The van der Waals surface area contributed by atoms with E-state index in [0.29, 0.717) is 5.95 Å². The Morgan fingerprint density at radius 2 is 2.28 bits per heavy atom. The molecule has 3 heterocycles. The van der Waals surface area contributed by atoms with Crippen molar-refractivity contribution < 1.29 is 0 Å². The summed E-state index contributed by atoms with van der Waals surface area (Å²) in [5, 5.41) is 11.9. The Morgan fingerprint density at radius 3 is 3.06 bits per heavy atom. The number of pyridine rings is 1. The number of hydrogen-bond donors (Lipinski definition) is 1. The fraction of sp³-hybridized carbons (Fsp3) is 0.167. The molecule has 1 atom stereocenters. The van der Waals surface area contributed by atoms with Gasteiger partial charge in [-0.25, -0.2) is 4.52 Å². The van der Waals surface area contributed by atoms with Gasteiger partial charge in [0.05, 0.1) is 6.04 Å². The second kappa shape index (κ2) is 4.70. The molecule has 4 nitrogen and oxygen atoms in total. The molecule has 1 N–H and O–H groups in total. The number of fused-ring (bicyclic) bond motifs is 1. The molecule has 0 spiro atoms. The second-order valence-electron chi connectivity index (χ2n) is 4.01. The van der Waals surface area contributed by atoms with E-state index in [4.69, 9.17) is 0 Å². The maximum absolute atomic E-state index is 4.43. The molecule has 1 unspecified atom stereocenters. The number of thiophene rings is 1. The number of aromatic nitrogens is 3. The van der Waals surface area contributed by atoms with E-state index < -0.39 is 0 Å². The molecule has 0 fully saturated rings. The highest BCUT2D eigenvalue weighted by Gasteiger charge is 2.09. The zero-order chi connectivity index (χ0) is 12.5. The fourth-order valence-electron chi connectivity index (χ4n) is 1.72. The van der Waals surface area contributed by atoms with E-state index in [9.17, 15) is 0 Å². The number of nitrogens with one attached hydrogen (secondary N) is 1. The van der Waals surface area contributed by atoms with Crippen LogP contribution >= 0.6 is 27.3 Å². The van der Waals surface area contributed by atoms with Crippen LogP contribution in [0.25, 0.3) is 5.65 Å². The van der Waals surface area contributed by atoms with Crippen LogP contribution in [0.2, 0.25) is 0 Å². The van der Waals surface area contributed by atoms with Crippen LogP contribution in [-0.2, 0) is 0 Å². The van der Waals surface area contributed by atoms with Gasteiger partial charge in [-0.3, -0.25) is 0 Å². The summed E-state index contributed by atoms with van der Waals surface area (Å²) in [6.07, 6.45) is 1.89. The molecule has 0 bridgehead atoms. The monoisotopic (exact) mass is 322 g/mol. The Hall–Kier alpha value is -1.40. The standard InChI is InChI=1S/C12H11BrN4S/c1-8(9-4-5-18-7-9)14-12-15-11-3-2-10(13)6-17(11)16-12/h2-8H,1H3,(H,14,16). The third-order valence-corrected chi connectivity index (χ3v) is 3.85. The van der Waals surface area contributed by atoms with Gasteiger partial charge in [0.25, 0.3) is 0 Å². The molecular weight excluding hydrogens is 312 g/mol. The molecule has 0 aliphatic heterocycles. The Balaban J connectivity index is 1.86. The van der Waals surface area contributed by atoms with Crippen molar-refractivity contribution in [3.63, 3.8) is 0 Å². The van der Waals surface area contributed by atoms with E-state index in [1.807, 2.05) is 18.3 Å². The van der Waals surface area contributed by atoms with Crippen LogP contribution in [0.15, 0.2) is 39.6 Å². The second-order valence-corrected chi connectivity index (χ2v) is 5.70. The zero-order valence-electron chi connectivity index (χ0n) is 9.67. The van der Waals surface area contributed by atoms with E-state index >= 15 is 0 Å². The Labute approximate surface area is 117 Å². The summed E-state index contributed by atoms with van der Waals surface area (Å²) in [4.78, 5) is 4.43. The van der Waals surface area contributed by atoms with Gasteiger partial charge in [0.1, 0.15) is 0 Å². The lowest BCUT2D eigenvalue weighted by molar-refractivity contribution is 0.856. The minimum Gasteiger partial charge on any atom is -0.346 e. The van der Waals surface area contributed by atoms with Crippen molar-refractivity contribution in [3.8, 4) is 0 Å². The van der Waals surface area contributed by atoms with Gasteiger partial charge in [0, 0.05) is 10.7 Å². The minimum atomic E-state index is 0.206. The van der Waals surface area contributed by atoms with Gasteiger partial charge in [0.15, 0.2) is 5.65 Å². The fourth-order valence-corrected chi connectivity index (χ4v) is 2.80. The van der Waals surface area contributed by atoms with E-state index in [1.54, 1.807) is 15.9 Å². The molecule has 0 aromatic carbocycles. The largest absolute Gasteiger partial charge is 0.346 e. The zero-order valence-corrected chi connectivity index (χ0v) is 12.1. The van der Waals surface area contributed by atoms with Crippen molar-refractivity contribution in [2.75, 3.05) is 5.32 Å². The minimum absolute atomic E-state index is 0.206. The van der Waals surface area contributed by atoms with Crippen molar-refractivity contribution in [1.29, 1.82) is 0 Å². The number of anilines is 1. The quantitative estimate of drug-likeness (QED) is 0.799. The molecule has 0 radical (unpaired) electrons. The third kappa shape index (κ3) is 2.26. The highest BCUT2D eigenvalue weighted by atomic mass is 79.9. The van der Waals surface area contributed by atoms with E-state index in [-0.39, 0.29) is 6.04 Å². The first kappa shape index (κ1) is 11.7. The first-order valence-corrected chi connectivity index (χ1v) is 7.26. The predicted octanol–water partition coefficient (Wildman–Crippen LogP) is 3.73. The molecule has 0 saturated carbocycles. The molecule has 0 saturated heterocycles. The summed E-state index contributed by atoms with van der Waals surface area (Å²) in [5.41, 5.74) is 2.08. The van der Waals surface area contributed by atoms with Gasteiger partial charge < -0.3 is 5.32 Å². The number of nitrogens with zero attached hydrogens (tertiary/aromatic N) is 3. The van der Waals surface area contributed by atoms with Gasteiger partial charge in [-0.2, -0.15) is 16.3 Å². The Morgan fingerprint density at radius 1 is 1.39 bits per heavy atom. The van der Waals surface area contributed by atoms with Gasteiger partial charge in [0.2, 0.25) is 5.95 Å². The van der Waals surface area contributed by atoms with Gasteiger partial charge in [-0.15, -0.1) is 5.10 Å². The highest BCUT2D eigenvalue weighted by molar-refractivity contribution is 9.10. The van der Waals surface area contributed by atoms with Crippen molar-refractivity contribution in [1.82, 2.24) is 14.6 Å². The molecule has 3 aromatic rings. The summed E-state index contributed by atoms with van der Waals surface area (Å²) in [5.74, 6) is 0.645. The molecule has 3 aromatic heterocycles. The van der Waals surface area contributed by atoms with Crippen LogP contribution in [0, 0.1) is 0 Å². The average molecular weight is 323 g/mol. The lowest BCUT2D eigenvalue weighted by atomic mass is 10.2. The average Bonchev–Trinajstić information content (AvgIpc) is 2.95. The summed E-state index contributed by atoms with van der Waals surface area (Å²) in [6, 6.07) is 6.19. The maximum atomic E-state index is 4.43.